The van der Waals surface area contributed by atoms with Gasteiger partial charge in [0, 0.05) is 6.42 Å². The van der Waals surface area contributed by atoms with Crippen molar-refractivity contribution in [3.63, 3.8) is 0 Å². The lowest BCUT2D eigenvalue weighted by molar-refractivity contribution is -0.118. The number of hydrogen-bond acceptors (Lipinski definition) is 2. The largest absolute Gasteiger partial charge is 0.298 e. The molecule has 1 nitrogen and oxygen atoms in total. The van der Waals surface area contributed by atoms with Crippen LogP contribution >= 0.6 is 11.8 Å². The average Bonchev–Trinajstić information content (AvgIpc) is 2.74. The molecule has 80 valence electrons. The Bertz CT molecular complexity index is 358. The van der Waals surface area contributed by atoms with Gasteiger partial charge in [-0.1, -0.05) is 18.2 Å². The predicted molar refractivity (Wildman–Crippen MR) is 60.6 cm³/mol. The van der Waals surface area contributed by atoms with Crippen molar-refractivity contribution < 1.29 is 9.18 Å². The molecule has 1 fully saturated rings. The molecule has 0 aliphatic carbocycles. The smallest absolute Gasteiger partial charge is 0.150 e. The van der Waals surface area contributed by atoms with Crippen molar-refractivity contribution >= 4 is 17.5 Å². The highest BCUT2D eigenvalue weighted by Crippen LogP contribution is 2.27. The molecule has 1 aromatic rings. The fourth-order valence-corrected chi connectivity index (χ4v) is 3.00. The van der Waals surface area contributed by atoms with E-state index in [4.69, 9.17) is 0 Å². The van der Waals surface area contributed by atoms with E-state index in [1.807, 2.05) is 0 Å². The molecular weight excluding hydrogens is 211 g/mol. The maximum atomic E-state index is 13.3. The second-order valence-corrected chi connectivity index (χ2v) is 5.05. The summed E-state index contributed by atoms with van der Waals surface area (Å²) in [6, 6.07) is 6.51. The highest BCUT2D eigenvalue weighted by atomic mass is 32.2. The topological polar surface area (TPSA) is 17.1 Å². The lowest BCUT2D eigenvalue weighted by Gasteiger charge is -2.07. The summed E-state index contributed by atoms with van der Waals surface area (Å²) in [4.78, 5) is 11.8. The third-order valence-electron chi connectivity index (χ3n) is 2.61. The van der Waals surface area contributed by atoms with Crippen LogP contribution in [0.2, 0.25) is 0 Å². The van der Waals surface area contributed by atoms with Gasteiger partial charge in [-0.25, -0.2) is 4.39 Å². The van der Waals surface area contributed by atoms with Gasteiger partial charge in [0.1, 0.15) is 11.6 Å². The molecule has 3 heteroatoms. The predicted octanol–water partition coefficient (Wildman–Crippen LogP) is 2.83. The number of benzene rings is 1. The van der Waals surface area contributed by atoms with E-state index in [1.54, 1.807) is 30.0 Å². The molecule has 1 aliphatic rings. The van der Waals surface area contributed by atoms with Crippen LogP contribution in [0.4, 0.5) is 4.39 Å². The first-order valence-electron chi connectivity index (χ1n) is 5.15. The fraction of sp³-hybridized carbons (Fsp3) is 0.417. The zero-order chi connectivity index (χ0) is 10.7. The van der Waals surface area contributed by atoms with Crippen LogP contribution in [0.15, 0.2) is 24.3 Å². The zero-order valence-electron chi connectivity index (χ0n) is 8.41. The van der Waals surface area contributed by atoms with E-state index in [9.17, 15) is 9.18 Å². The van der Waals surface area contributed by atoms with Crippen LogP contribution in [0, 0.1) is 5.82 Å². The number of rotatable bonds is 3. The van der Waals surface area contributed by atoms with Gasteiger partial charge in [-0.2, -0.15) is 11.8 Å². The summed E-state index contributed by atoms with van der Waals surface area (Å²) in [6.45, 7) is 0. The third kappa shape index (κ3) is 2.59. The van der Waals surface area contributed by atoms with Gasteiger partial charge < -0.3 is 0 Å². The van der Waals surface area contributed by atoms with Crippen LogP contribution in [0.1, 0.15) is 18.4 Å². The summed E-state index contributed by atoms with van der Waals surface area (Å²) in [7, 11) is 0. The highest BCUT2D eigenvalue weighted by Gasteiger charge is 2.23. The fourth-order valence-electron chi connectivity index (χ4n) is 1.77. The lowest BCUT2D eigenvalue weighted by atomic mass is 10.0. The van der Waals surface area contributed by atoms with Crippen LogP contribution in [0.25, 0.3) is 0 Å². The standard InChI is InChI=1S/C12H13FOS/c13-10-5-2-1-4-9(10)8-11(14)12-6-3-7-15-12/h1-2,4-5,12H,3,6-8H2. The minimum atomic E-state index is -0.270. The van der Waals surface area contributed by atoms with Gasteiger partial charge in [0.2, 0.25) is 0 Å². The minimum absolute atomic E-state index is 0.101. The zero-order valence-corrected chi connectivity index (χ0v) is 9.23. The van der Waals surface area contributed by atoms with Gasteiger partial charge in [0.05, 0.1) is 5.25 Å². The Balaban J connectivity index is 2.02. The first kappa shape index (κ1) is 10.7. The van der Waals surface area contributed by atoms with Gasteiger partial charge in [-0.3, -0.25) is 4.79 Å². The first-order chi connectivity index (χ1) is 7.27. The van der Waals surface area contributed by atoms with E-state index < -0.39 is 0 Å². The second kappa shape index (κ2) is 4.79. The van der Waals surface area contributed by atoms with Crippen LogP contribution in [0.3, 0.4) is 0 Å². The summed E-state index contributed by atoms with van der Waals surface area (Å²) in [6.07, 6.45) is 2.31. The van der Waals surface area contributed by atoms with Crippen LogP contribution in [0.5, 0.6) is 0 Å². The summed E-state index contributed by atoms with van der Waals surface area (Å²) >= 11 is 1.70. The molecule has 1 atom stereocenters. The van der Waals surface area contributed by atoms with Gasteiger partial charge in [0.15, 0.2) is 0 Å². The van der Waals surface area contributed by atoms with Crippen LogP contribution in [-0.2, 0) is 11.2 Å². The molecule has 1 heterocycles. The molecule has 2 rings (SSSR count). The molecule has 1 saturated heterocycles. The molecular formula is C12H13FOS. The van der Waals surface area contributed by atoms with Crippen LogP contribution < -0.4 is 0 Å². The molecule has 1 unspecified atom stereocenters. The van der Waals surface area contributed by atoms with E-state index in [1.165, 1.54) is 6.07 Å². The van der Waals surface area contributed by atoms with Crippen molar-refractivity contribution in [1.29, 1.82) is 0 Å². The van der Waals surface area contributed by atoms with Crippen LogP contribution in [-0.4, -0.2) is 16.8 Å². The third-order valence-corrected chi connectivity index (χ3v) is 4.04. The normalized spacial score (nSPS) is 20.5. The molecule has 1 aliphatic heterocycles. The molecule has 1 aromatic carbocycles. The van der Waals surface area contributed by atoms with Gasteiger partial charge in [-0.05, 0) is 30.2 Å². The highest BCUT2D eigenvalue weighted by molar-refractivity contribution is 8.00. The molecule has 0 spiro atoms. The van der Waals surface area contributed by atoms with Crippen molar-refractivity contribution in [3.8, 4) is 0 Å². The van der Waals surface area contributed by atoms with E-state index >= 15 is 0 Å². The lowest BCUT2D eigenvalue weighted by Crippen LogP contribution is -2.16. The Hall–Kier alpha value is -0.830. The molecule has 0 radical (unpaired) electrons. The maximum absolute atomic E-state index is 13.3. The molecule has 0 aromatic heterocycles. The Morgan fingerprint density at radius 2 is 2.27 bits per heavy atom. The number of Topliss-reactive ketones (excluding diaryl/α,β-unsaturated/α-hetero) is 1. The number of halogens is 1. The Morgan fingerprint density at radius 3 is 2.93 bits per heavy atom. The molecule has 0 N–H and O–H groups in total. The van der Waals surface area contributed by atoms with E-state index in [2.05, 4.69) is 0 Å². The molecule has 0 saturated carbocycles. The number of ketones is 1. The Kier molecular flexibility index (Phi) is 3.41. The van der Waals surface area contributed by atoms with Crippen molar-refractivity contribution in [1.82, 2.24) is 0 Å². The van der Waals surface area contributed by atoms with Gasteiger partial charge >= 0.3 is 0 Å². The average molecular weight is 224 g/mol. The van der Waals surface area contributed by atoms with Crippen molar-refractivity contribution in [2.75, 3.05) is 5.75 Å². The number of hydrogen-bond donors (Lipinski definition) is 0. The molecule has 0 bridgehead atoms. The number of carbonyl (C=O) groups is 1. The summed E-state index contributed by atoms with van der Waals surface area (Å²) < 4.78 is 13.3. The Morgan fingerprint density at radius 1 is 1.47 bits per heavy atom. The van der Waals surface area contributed by atoms with E-state index in [0.29, 0.717) is 5.56 Å². The maximum Gasteiger partial charge on any atom is 0.150 e. The second-order valence-electron chi connectivity index (χ2n) is 3.74. The van der Waals surface area contributed by atoms with Crippen molar-refractivity contribution in [2.45, 2.75) is 24.5 Å². The summed E-state index contributed by atoms with van der Waals surface area (Å²) in [5.74, 6) is 0.963. The molecule has 15 heavy (non-hydrogen) atoms. The number of thioether (sulfide) groups is 1. The van der Waals surface area contributed by atoms with E-state index in [0.717, 1.165) is 18.6 Å². The first-order valence-corrected chi connectivity index (χ1v) is 6.20. The van der Waals surface area contributed by atoms with Crippen molar-refractivity contribution in [3.05, 3.63) is 35.6 Å². The summed E-state index contributed by atoms with van der Waals surface area (Å²) in [5.41, 5.74) is 0.523. The SMILES string of the molecule is O=C(Cc1ccccc1F)C1CCCS1. The minimum Gasteiger partial charge on any atom is -0.298 e. The van der Waals surface area contributed by atoms with E-state index in [-0.39, 0.29) is 23.3 Å². The monoisotopic (exact) mass is 224 g/mol. The Labute approximate surface area is 93.1 Å². The quantitative estimate of drug-likeness (QED) is 0.785. The summed E-state index contributed by atoms with van der Waals surface area (Å²) in [5, 5.41) is 0.101. The van der Waals surface area contributed by atoms with Gasteiger partial charge in [0.25, 0.3) is 0 Å². The van der Waals surface area contributed by atoms with Gasteiger partial charge in [-0.15, -0.1) is 0 Å². The molecule has 0 amide bonds. The van der Waals surface area contributed by atoms with Crippen molar-refractivity contribution in [2.24, 2.45) is 0 Å². The number of carbonyl (C=O) groups excluding carboxylic acids is 1.